The molecule has 0 bridgehead atoms. The molecule has 0 spiro atoms. The van der Waals surface area contributed by atoms with Crippen molar-refractivity contribution in [3.05, 3.63) is 206 Å². The van der Waals surface area contributed by atoms with Gasteiger partial charge in [0, 0.05) is 38.2 Å². The van der Waals surface area contributed by atoms with Gasteiger partial charge in [-0.25, -0.2) is 15.0 Å². The summed E-state index contributed by atoms with van der Waals surface area (Å²) in [7, 11) is 0. The Morgan fingerprint density at radius 2 is 0.672 bits per heavy atom. The fourth-order valence-corrected chi connectivity index (χ4v) is 9.76. The lowest BCUT2D eigenvalue weighted by molar-refractivity contribution is 1.07. The smallest absolute Gasteiger partial charge is 0.164 e. The molecule has 0 saturated carbocycles. The van der Waals surface area contributed by atoms with E-state index < -0.39 is 0 Å². The summed E-state index contributed by atoms with van der Waals surface area (Å²) in [5.74, 6) is 1.89. The molecule has 0 fully saturated rings. The molecule has 0 atom stereocenters. The van der Waals surface area contributed by atoms with E-state index in [9.17, 15) is 0 Å². The first-order valence-electron chi connectivity index (χ1n) is 20.8. The van der Waals surface area contributed by atoms with Gasteiger partial charge in [0.25, 0.3) is 0 Å². The van der Waals surface area contributed by atoms with Crippen LogP contribution < -0.4 is 0 Å². The van der Waals surface area contributed by atoms with E-state index in [-0.39, 0.29) is 0 Å². The zero-order valence-corrected chi connectivity index (χ0v) is 32.9. The summed E-state index contributed by atoms with van der Waals surface area (Å²) in [5.41, 5.74) is 11.0. The third-order valence-corrected chi connectivity index (χ3v) is 12.6. The number of benzene rings is 10. The predicted molar refractivity (Wildman–Crippen MR) is 254 cm³/mol. The van der Waals surface area contributed by atoms with Crippen molar-refractivity contribution in [2.45, 2.75) is 0 Å². The van der Waals surface area contributed by atoms with Crippen LogP contribution in [0.3, 0.4) is 0 Å². The molecular formula is C57H34N4. The highest BCUT2D eigenvalue weighted by atomic mass is 15.0. The van der Waals surface area contributed by atoms with E-state index in [0.717, 1.165) is 38.8 Å². The third-order valence-electron chi connectivity index (χ3n) is 12.6. The van der Waals surface area contributed by atoms with E-state index in [0.29, 0.717) is 17.5 Å². The van der Waals surface area contributed by atoms with Crippen molar-refractivity contribution in [3.63, 3.8) is 0 Å². The van der Waals surface area contributed by atoms with E-state index in [1.54, 1.807) is 0 Å². The first-order chi connectivity index (χ1) is 30.2. The second-order valence-corrected chi connectivity index (χ2v) is 15.9. The van der Waals surface area contributed by atoms with Gasteiger partial charge in [0.15, 0.2) is 17.5 Å². The minimum atomic E-state index is 0.629. The van der Waals surface area contributed by atoms with Crippen LogP contribution in [0.15, 0.2) is 206 Å². The monoisotopic (exact) mass is 774 g/mol. The van der Waals surface area contributed by atoms with Crippen LogP contribution >= 0.6 is 0 Å². The Morgan fingerprint density at radius 3 is 1.33 bits per heavy atom. The van der Waals surface area contributed by atoms with Crippen LogP contribution in [-0.4, -0.2) is 19.4 Å². The molecule has 13 aromatic rings. The summed E-state index contributed by atoms with van der Waals surface area (Å²) in [4.78, 5) is 15.9. The van der Waals surface area contributed by atoms with Crippen LogP contribution in [0.4, 0.5) is 0 Å². The maximum Gasteiger partial charge on any atom is 0.164 e. The number of hydrogen-bond donors (Lipinski definition) is 0. The standard InChI is InChI=1S/C57H34N4/c1-3-14-35(15-4-1)36-26-28-38(29-27-36)56-58-55(37-16-5-2-6-17-37)59-57(60-56)51-34-49-43-21-10-8-19-41(43)40-18-7-9-20-42(40)48(49)33-47(51)39-30-31-53-50(32-39)46-24-13-23-45-44-22-11-12-25-52(44)61(53)54(45)46/h1-34H. The molecule has 3 aromatic heterocycles. The van der Waals surface area contributed by atoms with Crippen LogP contribution in [-0.2, 0) is 0 Å². The van der Waals surface area contributed by atoms with Gasteiger partial charge in [-0.3, -0.25) is 0 Å². The SMILES string of the molecule is c1ccc(-c2ccc(-c3nc(-c4ccccc4)nc(-c4cc5c6ccccc6c6ccccc6c5cc4-c4ccc5c(c4)c4cccc6c7ccccc7n5c64)n3)cc2)cc1. The second kappa shape index (κ2) is 13.2. The Kier molecular flexibility index (Phi) is 7.27. The minimum absolute atomic E-state index is 0.629. The van der Waals surface area contributed by atoms with Crippen molar-refractivity contribution >= 4 is 70.4 Å². The molecule has 4 nitrogen and oxygen atoms in total. The molecule has 3 heterocycles. The van der Waals surface area contributed by atoms with Crippen molar-refractivity contribution in [2.24, 2.45) is 0 Å². The van der Waals surface area contributed by atoms with Crippen molar-refractivity contribution in [1.82, 2.24) is 19.4 Å². The molecule has 4 heteroatoms. The van der Waals surface area contributed by atoms with E-state index in [4.69, 9.17) is 15.0 Å². The van der Waals surface area contributed by atoms with Crippen molar-refractivity contribution in [1.29, 1.82) is 0 Å². The van der Waals surface area contributed by atoms with Gasteiger partial charge < -0.3 is 4.40 Å². The topological polar surface area (TPSA) is 43.1 Å². The van der Waals surface area contributed by atoms with E-state index in [1.807, 2.05) is 24.3 Å². The van der Waals surface area contributed by atoms with Crippen LogP contribution in [0.1, 0.15) is 0 Å². The molecule has 282 valence electrons. The highest BCUT2D eigenvalue weighted by Crippen LogP contribution is 2.45. The van der Waals surface area contributed by atoms with Gasteiger partial charge in [-0.15, -0.1) is 0 Å². The van der Waals surface area contributed by atoms with Gasteiger partial charge in [-0.1, -0.05) is 176 Å². The molecule has 0 N–H and O–H groups in total. The zero-order valence-electron chi connectivity index (χ0n) is 32.9. The Morgan fingerprint density at radius 1 is 0.246 bits per heavy atom. The van der Waals surface area contributed by atoms with Gasteiger partial charge >= 0.3 is 0 Å². The summed E-state index contributed by atoms with van der Waals surface area (Å²) in [6.45, 7) is 0. The molecule has 0 saturated heterocycles. The Hall–Kier alpha value is -8.21. The minimum Gasteiger partial charge on any atom is -0.308 e. The maximum atomic E-state index is 5.37. The van der Waals surface area contributed by atoms with Gasteiger partial charge in [-0.05, 0) is 84.9 Å². The molecule has 0 aliphatic heterocycles. The molecule has 13 rings (SSSR count). The first kappa shape index (κ1) is 33.7. The average Bonchev–Trinajstić information content (AvgIpc) is 3.86. The lowest BCUT2D eigenvalue weighted by atomic mass is 9.88. The third kappa shape index (κ3) is 5.16. The molecule has 0 aliphatic carbocycles. The first-order valence-corrected chi connectivity index (χ1v) is 20.8. The Labute approximate surface area is 351 Å². The molecular weight excluding hydrogens is 741 g/mol. The summed E-state index contributed by atoms with van der Waals surface area (Å²) in [6.07, 6.45) is 0. The molecule has 0 amide bonds. The number of hydrogen-bond acceptors (Lipinski definition) is 3. The number of rotatable bonds is 5. The highest BCUT2D eigenvalue weighted by Gasteiger charge is 2.22. The van der Waals surface area contributed by atoms with Gasteiger partial charge in [0.05, 0.1) is 16.6 Å². The summed E-state index contributed by atoms with van der Waals surface area (Å²) < 4.78 is 2.44. The summed E-state index contributed by atoms with van der Waals surface area (Å²) in [6, 6.07) is 73.9. The number of nitrogens with zero attached hydrogens (tertiary/aromatic N) is 4. The second-order valence-electron chi connectivity index (χ2n) is 15.9. The Bertz CT molecular complexity index is 3850. The molecule has 0 unspecified atom stereocenters. The van der Waals surface area contributed by atoms with Gasteiger partial charge in [-0.2, -0.15) is 0 Å². The van der Waals surface area contributed by atoms with E-state index >= 15 is 0 Å². The van der Waals surface area contributed by atoms with Crippen LogP contribution in [0.5, 0.6) is 0 Å². The van der Waals surface area contributed by atoms with Crippen molar-refractivity contribution in [3.8, 4) is 56.4 Å². The highest BCUT2D eigenvalue weighted by molar-refractivity contribution is 6.27. The molecule has 0 aliphatic rings. The van der Waals surface area contributed by atoms with Crippen LogP contribution in [0, 0.1) is 0 Å². The van der Waals surface area contributed by atoms with Crippen LogP contribution in [0.25, 0.3) is 127 Å². The number of para-hydroxylation sites is 2. The van der Waals surface area contributed by atoms with E-state index in [1.165, 1.54) is 70.6 Å². The summed E-state index contributed by atoms with van der Waals surface area (Å²) >= 11 is 0. The van der Waals surface area contributed by atoms with E-state index in [2.05, 4.69) is 186 Å². The van der Waals surface area contributed by atoms with Crippen LogP contribution in [0.2, 0.25) is 0 Å². The predicted octanol–water partition coefficient (Wildman–Crippen LogP) is 14.8. The fourth-order valence-electron chi connectivity index (χ4n) is 9.76. The number of aromatic nitrogens is 4. The van der Waals surface area contributed by atoms with Gasteiger partial charge in [0.2, 0.25) is 0 Å². The zero-order chi connectivity index (χ0) is 40.0. The largest absolute Gasteiger partial charge is 0.308 e. The van der Waals surface area contributed by atoms with Crippen molar-refractivity contribution in [2.75, 3.05) is 0 Å². The molecule has 0 radical (unpaired) electrons. The Balaban J connectivity index is 1.11. The lowest BCUT2D eigenvalue weighted by Gasteiger charge is -2.17. The van der Waals surface area contributed by atoms with Crippen molar-refractivity contribution < 1.29 is 0 Å². The average molecular weight is 775 g/mol. The number of fused-ring (bicyclic) bond motifs is 12. The lowest BCUT2D eigenvalue weighted by Crippen LogP contribution is -2.01. The fraction of sp³-hybridized carbons (Fsp3) is 0. The van der Waals surface area contributed by atoms with Gasteiger partial charge in [0.1, 0.15) is 0 Å². The summed E-state index contributed by atoms with van der Waals surface area (Å²) in [5, 5.41) is 12.3. The molecule has 10 aromatic carbocycles. The quantitative estimate of drug-likeness (QED) is 0.164. The molecule has 61 heavy (non-hydrogen) atoms. The maximum absolute atomic E-state index is 5.37. The normalized spacial score (nSPS) is 11.9.